The topological polar surface area (TPSA) is 17.1 Å². The lowest BCUT2D eigenvalue weighted by Crippen LogP contribution is -2.04. The van der Waals surface area contributed by atoms with E-state index >= 15 is 0 Å². The Labute approximate surface area is 112 Å². The van der Waals surface area contributed by atoms with Crippen molar-refractivity contribution < 1.29 is 4.79 Å². The molecule has 0 saturated carbocycles. The average molecular weight is 258 g/mol. The van der Waals surface area contributed by atoms with Gasteiger partial charge in [-0.15, -0.1) is 11.3 Å². The van der Waals surface area contributed by atoms with Crippen LogP contribution in [0.4, 0.5) is 0 Å². The van der Waals surface area contributed by atoms with Gasteiger partial charge in [0.2, 0.25) is 0 Å². The van der Waals surface area contributed by atoms with Crippen LogP contribution in [-0.2, 0) is 0 Å². The normalized spacial score (nSPS) is 10.9. The van der Waals surface area contributed by atoms with E-state index in [2.05, 4.69) is 32.0 Å². The minimum atomic E-state index is 0.0660. The Kier molecular flexibility index (Phi) is 3.67. The number of rotatable bonds is 3. The van der Waals surface area contributed by atoms with Gasteiger partial charge in [0.25, 0.3) is 0 Å². The van der Waals surface area contributed by atoms with Gasteiger partial charge in [0.1, 0.15) is 0 Å². The molecule has 0 aliphatic carbocycles. The van der Waals surface area contributed by atoms with Gasteiger partial charge in [0.05, 0.1) is 4.88 Å². The molecule has 0 atom stereocenters. The first-order valence-corrected chi connectivity index (χ1v) is 7.02. The van der Waals surface area contributed by atoms with Crippen molar-refractivity contribution in [2.75, 3.05) is 0 Å². The molecule has 18 heavy (non-hydrogen) atoms. The van der Waals surface area contributed by atoms with E-state index in [9.17, 15) is 4.79 Å². The van der Waals surface area contributed by atoms with Gasteiger partial charge in [-0.25, -0.2) is 0 Å². The molecule has 94 valence electrons. The summed E-state index contributed by atoms with van der Waals surface area (Å²) in [5, 5.41) is 0. The van der Waals surface area contributed by atoms with Crippen LogP contribution in [-0.4, -0.2) is 5.78 Å². The van der Waals surface area contributed by atoms with Gasteiger partial charge in [-0.1, -0.05) is 32.0 Å². The van der Waals surface area contributed by atoms with Crippen molar-refractivity contribution in [3.63, 3.8) is 0 Å². The number of aryl methyl sites for hydroxylation is 2. The molecule has 2 aromatic rings. The van der Waals surface area contributed by atoms with Gasteiger partial charge in [0.15, 0.2) is 5.78 Å². The first kappa shape index (κ1) is 13.0. The maximum absolute atomic E-state index is 11.9. The largest absolute Gasteiger partial charge is 0.293 e. The molecule has 1 aromatic heterocycles. The van der Waals surface area contributed by atoms with Gasteiger partial charge in [0, 0.05) is 10.8 Å². The fourth-order valence-corrected chi connectivity index (χ4v) is 2.89. The van der Waals surface area contributed by atoms with Gasteiger partial charge in [-0.05, 0) is 42.7 Å². The van der Waals surface area contributed by atoms with E-state index < -0.39 is 0 Å². The standard InChI is InChI=1S/C16H18OS/c1-10(2)16(17)15-8-7-14(18-15)13-6-5-11(3)12(4)9-13/h5-10H,1-4H3. The minimum Gasteiger partial charge on any atom is -0.293 e. The number of ketones is 1. The average Bonchev–Trinajstić information content (AvgIpc) is 2.81. The molecule has 1 aromatic carbocycles. The zero-order valence-corrected chi connectivity index (χ0v) is 12.1. The van der Waals surface area contributed by atoms with E-state index in [0.717, 1.165) is 4.88 Å². The molecule has 0 radical (unpaired) electrons. The molecule has 0 fully saturated rings. The van der Waals surface area contributed by atoms with E-state index in [1.54, 1.807) is 11.3 Å². The smallest absolute Gasteiger partial charge is 0.175 e. The number of hydrogen-bond donors (Lipinski definition) is 0. The molecule has 0 amide bonds. The predicted octanol–water partition coefficient (Wildman–Crippen LogP) is 4.87. The van der Waals surface area contributed by atoms with Crippen LogP contribution in [0.5, 0.6) is 0 Å². The molecule has 0 aliphatic heterocycles. The van der Waals surface area contributed by atoms with Crippen LogP contribution in [0.15, 0.2) is 30.3 Å². The van der Waals surface area contributed by atoms with Crippen LogP contribution in [0.2, 0.25) is 0 Å². The number of carbonyl (C=O) groups is 1. The summed E-state index contributed by atoms with van der Waals surface area (Å²) in [7, 11) is 0. The fourth-order valence-electron chi connectivity index (χ4n) is 1.80. The number of Topliss-reactive ketones (excluding diaryl/α,β-unsaturated/α-hetero) is 1. The van der Waals surface area contributed by atoms with Crippen molar-refractivity contribution in [3.05, 3.63) is 46.3 Å². The summed E-state index contributed by atoms with van der Waals surface area (Å²) >= 11 is 1.59. The second-order valence-electron chi connectivity index (χ2n) is 4.98. The van der Waals surface area contributed by atoms with Crippen LogP contribution in [0.3, 0.4) is 0 Å². The SMILES string of the molecule is Cc1ccc(-c2ccc(C(=O)C(C)C)s2)cc1C. The van der Waals surface area contributed by atoms with E-state index in [1.165, 1.54) is 21.6 Å². The molecular formula is C16H18OS. The van der Waals surface area contributed by atoms with Gasteiger partial charge >= 0.3 is 0 Å². The van der Waals surface area contributed by atoms with E-state index in [4.69, 9.17) is 0 Å². The summed E-state index contributed by atoms with van der Waals surface area (Å²) in [6.07, 6.45) is 0. The zero-order chi connectivity index (χ0) is 13.3. The van der Waals surface area contributed by atoms with Crippen molar-refractivity contribution >= 4 is 17.1 Å². The molecule has 1 nitrogen and oxygen atoms in total. The predicted molar refractivity (Wildman–Crippen MR) is 78.4 cm³/mol. The highest BCUT2D eigenvalue weighted by Gasteiger charge is 2.13. The molecule has 0 aliphatic rings. The van der Waals surface area contributed by atoms with Crippen molar-refractivity contribution in [1.82, 2.24) is 0 Å². The van der Waals surface area contributed by atoms with E-state index in [0.29, 0.717) is 0 Å². The highest BCUT2D eigenvalue weighted by atomic mass is 32.1. The van der Waals surface area contributed by atoms with Gasteiger partial charge < -0.3 is 0 Å². The Morgan fingerprint density at radius 1 is 1.06 bits per heavy atom. The third-order valence-corrected chi connectivity index (χ3v) is 4.31. The molecule has 0 unspecified atom stereocenters. The van der Waals surface area contributed by atoms with Crippen LogP contribution in [0, 0.1) is 19.8 Å². The second kappa shape index (κ2) is 5.07. The third kappa shape index (κ3) is 2.54. The Hall–Kier alpha value is -1.41. The molecule has 2 heteroatoms. The lowest BCUT2D eigenvalue weighted by Gasteiger charge is -2.03. The maximum Gasteiger partial charge on any atom is 0.175 e. The van der Waals surface area contributed by atoms with Crippen molar-refractivity contribution in [3.8, 4) is 10.4 Å². The summed E-state index contributed by atoms with van der Waals surface area (Å²) < 4.78 is 0. The molecule has 0 saturated heterocycles. The maximum atomic E-state index is 11.9. The third-order valence-electron chi connectivity index (χ3n) is 3.16. The Morgan fingerprint density at radius 3 is 2.39 bits per heavy atom. The Bertz CT molecular complexity index is 579. The van der Waals surface area contributed by atoms with Crippen LogP contribution >= 0.6 is 11.3 Å². The lowest BCUT2D eigenvalue weighted by molar-refractivity contribution is 0.0943. The highest BCUT2D eigenvalue weighted by Crippen LogP contribution is 2.30. The first-order valence-electron chi connectivity index (χ1n) is 6.20. The lowest BCUT2D eigenvalue weighted by atomic mass is 10.1. The second-order valence-corrected chi connectivity index (χ2v) is 6.07. The van der Waals surface area contributed by atoms with E-state index in [1.807, 2.05) is 26.0 Å². The molecule has 0 spiro atoms. The Balaban J connectivity index is 2.35. The zero-order valence-electron chi connectivity index (χ0n) is 11.3. The quantitative estimate of drug-likeness (QED) is 0.718. The number of thiophene rings is 1. The summed E-state index contributed by atoms with van der Waals surface area (Å²) in [5.41, 5.74) is 3.79. The Morgan fingerprint density at radius 2 is 1.78 bits per heavy atom. The van der Waals surface area contributed by atoms with Crippen LogP contribution in [0.1, 0.15) is 34.6 Å². The summed E-state index contributed by atoms with van der Waals surface area (Å²) in [5.74, 6) is 0.298. The molecule has 2 rings (SSSR count). The first-order chi connectivity index (χ1) is 8.49. The monoisotopic (exact) mass is 258 g/mol. The molecule has 1 heterocycles. The number of benzene rings is 1. The van der Waals surface area contributed by atoms with Crippen LogP contribution < -0.4 is 0 Å². The van der Waals surface area contributed by atoms with Crippen molar-refractivity contribution in [2.45, 2.75) is 27.7 Å². The van der Waals surface area contributed by atoms with Crippen LogP contribution in [0.25, 0.3) is 10.4 Å². The summed E-state index contributed by atoms with van der Waals surface area (Å²) in [6, 6.07) is 10.4. The van der Waals surface area contributed by atoms with Gasteiger partial charge in [-0.3, -0.25) is 4.79 Å². The molecule has 0 bridgehead atoms. The highest BCUT2D eigenvalue weighted by molar-refractivity contribution is 7.17. The molecular weight excluding hydrogens is 240 g/mol. The summed E-state index contributed by atoms with van der Waals surface area (Å²) in [6.45, 7) is 8.11. The van der Waals surface area contributed by atoms with Crippen molar-refractivity contribution in [2.24, 2.45) is 5.92 Å². The minimum absolute atomic E-state index is 0.0660. The molecule has 0 N–H and O–H groups in total. The fraction of sp³-hybridized carbons (Fsp3) is 0.312. The van der Waals surface area contributed by atoms with Crippen molar-refractivity contribution in [1.29, 1.82) is 0 Å². The number of hydrogen-bond acceptors (Lipinski definition) is 2. The van der Waals surface area contributed by atoms with E-state index in [-0.39, 0.29) is 11.7 Å². The number of carbonyl (C=O) groups excluding carboxylic acids is 1. The summed E-state index contributed by atoms with van der Waals surface area (Å²) in [4.78, 5) is 13.9. The van der Waals surface area contributed by atoms with Gasteiger partial charge in [-0.2, -0.15) is 0 Å².